The Labute approximate surface area is 104 Å². The molecule has 0 spiro atoms. The first kappa shape index (κ1) is 12.2. The molecular weight excluding hydrogens is 208 g/mol. The molecule has 0 saturated heterocycles. The summed E-state index contributed by atoms with van der Waals surface area (Å²) in [6.07, 6.45) is 16.6. The summed E-state index contributed by atoms with van der Waals surface area (Å²) < 4.78 is 0. The van der Waals surface area contributed by atoms with Crippen molar-refractivity contribution in [1.29, 1.82) is 0 Å². The lowest BCUT2D eigenvalue weighted by molar-refractivity contribution is 0.462. The molecule has 1 fully saturated rings. The molecule has 2 atom stereocenters. The second-order valence-corrected chi connectivity index (χ2v) is 5.35. The molecular formula is C15H22N2. The van der Waals surface area contributed by atoms with E-state index in [0.717, 1.165) is 5.92 Å². The van der Waals surface area contributed by atoms with Gasteiger partial charge in [0.05, 0.1) is 0 Å². The molecule has 1 aliphatic rings. The Morgan fingerprint density at radius 3 is 2.71 bits per heavy atom. The molecule has 2 unspecified atom stereocenters. The molecule has 2 rings (SSSR count). The molecule has 92 valence electrons. The van der Waals surface area contributed by atoms with Crippen LogP contribution in [0.1, 0.15) is 69.3 Å². The smallest absolute Gasteiger partial charge is 0.182 e. The Morgan fingerprint density at radius 2 is 1.94 bits per heavy atom. The van der Waals surface area contributed by atoms with Gasteiger partial charge >= 0.3 is 0 Å². The first-order valence-electron chi connectivity index (χ1n) is 6.81. The lowest BCUT2D eigenvalue weighted by Crippen LogP contribution is -1.99. The van der Waals surface area contributed by atoms with E-state index in [9.17, 15) is 0 Å². The van der Waals surface area contributed by atoms with Crippen LogP contribution >= 0.6 is 0 Å². The SMILES string of the molecule is C#Cc1ncc(C2CCCCC(C)CCC2)[nH]1. The molecule has 0 radical (unpaired) electrons. The van der Waals surface area contributed by atoms with Gasteiger partial charge in [0.15, 0.2) is 5.82 Å². The van der Waals surface area contributed by atoms with Crippen LogP contribution in [0.4, 0.5) is 0 Å². The topological polar surface area (TPSA) is 28.7 Å². The Bertz CT molecular complexity index is 386. The van der Waals surface area contributed by atoms with Crippen LogP contribution in [0.25, 0.3) is 0 Å². The number of aromatic nitrogens is 2. The predicted molar refractivity (Wildman–Crippen MR) is 70.7 cm³/mol. The minimum absolute atomic E-state index is 0.634. The van der Waals surface area contributed by atoms with Gasteiger partial charge in [0.2, 0.25) is 0 Å². The monoisotopic (exact) mass is 230 g/mol. The average Bonchev–Trinajstić information content (AvgIpc) is 2.82. The zero-order valence-corrected chi connectivity index (χ0v) is 10.7. The number of nitrogens with one attached hydrogen (secondary N) is 1. The van der Waals surface area contributed by atoms with Gasteiger partial charge in [-0.1, -0.05) is 39.0 Å². The maximum absolute atomic E-state index is 5.35. The highest BCUT2D eigenvalue weighted by atomic mass is 14.9. The number of H-pyrrole nitrogens is 1. The number of hydrogen-bond donors (Lipinski definition) is 1. The van der Waals surface area contributed by atoms with Crippen molar-refractivity contribution in [2.45, 2.75) is 57.8 Å². The minimum atomic E-state index is 0.634. The van der Waals surface area contributed by atoms with Gasteiger partial charge in [-0.05, 0) is 24.7 Å². The van der Waals surface area contributed by atoms with Crippen molar-refractivity contribution >= 4 is 0 Å². The maximum Gasteiger partial charge on any atom is 0.182 e. The zero-order chi connectivity index (χ0) is 12.1. The van der Waals surface area contributed by atoms with Crippen LogP contribution in [0.2, 0.25) is 0 Å². The lowest BCUT2D eigenvalue weighted by Gasteiger charge is -2.13. The van der Waals surface area contributed by atoms with Gasteiger partial charge in [0, 0.05) is 17.8 Å². The van der Waals surface area contributed by atoms with Gasteiger partial charge < -0.3 is 4.98 Å². The highest BCUT2D eigenvalue weighted by molar-refractivity contribution is 5.19. The summed E-state index contributed by atoms with van der Waals surface area (Å²) in [6, 6.07) is 0. The van der Waals surface area contributed by atoms with Crippen LogP contribution in [0, 0.1) is 18.3 Å². The van der Waals surface area contributed by atoms with Gasteiger partial charge in [-0.25, -0.2) is 4.98 Å². The van der Waals surface area contributed by atoms with Crippen LogP contribution in [-0.4, -0.2) is 9.97 Å². The third kappa shape index (κ3) is 3.36. The van der Waals surface area contributed by atoms with Crippen LogP contribution in [0.5, 0.6) is 0 Å². The van der Waals surface area contributed by atoms with E-state index in [2.05, 4.69) is 22.8 Å². The lowest BCUT2D eigenvalue weighted by atomic mass is 9.94. The summed E-state index contributed by atoms with van der Waals surface area (Å²) in [4.78, 5) is 7.48. The predicted octanol–water partition coefficient (Wildman–Crippen LogP) is 3.86. The van der Waals surface area contributed by atoms with Gasteiger partial charge in [0.1, 0.15) is 0 Å². The number of nitrogens with zero attached hydrogens (tertiary/aromatic N) is 1. The van der Waals surface area contributed by atoms with Crippen molar-refractivity contribution in [1.82, 2.24) is 9.97 Å². The highest BCUT2D eigenvalue weighted by Crippen LogP contribution is 2.30. The van der Waals surface area contributed by atoms with Gasteiger partial charge in [-0.15, -0.1) is 6.42 Å². The van der Waals surface area contributed by atoms with Crippen LogP contribution < -0.4 is 0 Å². The van der Waals surface area contributed by atoms with Crippen LogP contribution in [0.15, 0.2) is 6.20 Å². The maximum atomic E-state index is 5.35. The molecule has 1 aliphatic carbocycles. The third-order valence-electron chi connectivity index (χ3n) is 3.92. The number of hydrogen-bond acceptors (Lipinski definition) is 1. The molecule has 0 bridgehead atoms. The highest BCUT2D eigenvalue weighted by Gasteiger charge is 2.16. The fraction of sp³-hybridized carbons (Fsp3) is 0.667. The third-order valence-corrected chi connectivity index (χ3v) is 3.92. The molecule has 1 saturated carbocycles. The Morgan fingerprint density at radius 1 is 1.24 bits per heavy atom. The molecule has 0 aromatic carbocycles. The number of aromatic amines is 1. The van der Waals surface area contributed by atoms with Gasteiger partial charge in [-0.2, -0.15) is 0 Å². The standard InChI is InChI=1S/C15H22N2/c1-3-15-16-11-14(17-15)13-9-5-4-7-12(2)8-6-10-13/h1,11-13H,4-10H2,2H3,(H,16,17). The fourth-order valence-corrected chi connectivity index (χ4v) is 2.81. The first-order chi connectivity index (χ1) is 8.29. The molecule has 0 aliphatic heterocycles. The summed E-state index contributed by atoms with van der Waals surface area (Å²) in [5.74, 6) is 4.78. The van der Waals surface area contributed by atoms with E-state index in [-0.39, 0.29) is 0 Å². The van der Waals surface area contributed by atoms with E-state index in [1.807, 2.05) is 6.20 Å². The van der Waals surface area contributed by atoms with Crippen molar-refractivity contribution in [3.63, 3.8) is 0 Å². The zero-order valence-electron chi connectivity index (χ0n) is 10.7. The molecule has 1 aromatic heterocycles. The van der Waals surface area contributed by atoms with E-state index < -0.39 is 0 Å². The quantitative estimate of drug-likeness (QED) is 0.729. The van der Waals surface area contributed by atoms with E-state index in [4.69, 9.17) is 6.42 Å². The van der Waals surface area contributed by atoms with Crippen molar-refractivity contribution in [2.75, 3.05) is 0 Å². The Hall–Kier alpha value is -1.23. The van der Waals surface area contributed by atoms with Crippen molar-refractivity contribution in [3.8, 4) is 12.3 Å². The second-order valence-electron chi connectivity index (χ2n) is 5.35. The van der Waals surface area contributed by atoms with Crippen molar-refractivity contribution < 1.29 is 0 Å². The van der Waals surface area contributed by atoms with Crippen LogP contribution in [0.3, 0.4) is 0 Å². The van der Waals surface area contributed by atoms with Crippen molar-refractivity contribution in [3.05, 3.63) is 17.7 Å². The fourth-order valence-electron chi connectivity index (χ4n) is 2.81. The molecule has 2 heteroatoms. The van der Waals surface area contributed by atoms with Crippen molar-refractivity contribution in [2.24, 2.45) is 5.92 Å². The Balaban J connectivity index is 2.01. The summed E-state index contributed by atoms with van der Waals surface area (Å²) >= 11 is 0. The number of rotatable bonds is 1. The van der Waals surface area contributed by atoms with Gasteiger partial charge in [-0.3, -0.25) is 0 Å². The second kappa shape index (κ2) is 5.91. The summed E-state index contributed by atoms with van der Waals surface area (Å²) in [6.45, 7) is 2.38. The van der Waals surface area contributed by atoms with E-state index in [1.165, 1.54) is 50.6 Å². The molecule has 17 heavy (non-hydrogen) atoms. The largest absolute Gasteiger partial charge is 0.335 e. The first-order valence-corrected chi connectivity index (χ1v) is 6.81. The van der Waals surface area contributed by atoms with E-state index >= 15 is 0 Å². The minimum Gasteiger partial charge on any atom is -0.335 e. The van der Waals surface area contributed by atoms with E-state index in [1.54, 1.807) is 0 Å². The van der Waals surface area contributed by atoms with E-state index in [0.29, 0.717) is 11.7 Å². The Kier molecular flexibility index (Phi) is 4.25. The van der Waals surface area contributed by atoms with Gasteiger partial charge in [0.25, 0.3) is 0 Å². The molecule has 1 N–H and O–H groups in total. The number of terminal acetylenes is 1. The normalized spacial score (nSPS) is 26.6. The van der Waals surface area contributed by atoms with Crippen LogP contribution in [-0.2, 0) is 0 Å². The molecule has 0 amide bonds. The summed E-state index contributed by atoms with van der Waals surface area (Å²) in [5.41, 5.74) is 1.24. The average molecular weight is 230 g/mol. The summed E-state index contributed by atoms with van der Waals surface area (Å²) in [5, 5.41) is 0. The summed E-state index contributed by atoms with van der Waals surface area (Å²) in [7, 11) is 0. The number of imidazole rings is 1. The molecule has 2 nitrogen and oxygen atoms in total. The molecule has 1 heterocycles. The molecule has 1 aromatic rings.